The molecule has 154 valence electrons. The van der Waals surface area contributed by atoms with Crippen LogP contribution in [0, 0.1) is 0 Å². The maximum Gasteiger partial charge on any atom is 0.406 e. The first-order chi connectivity index (χ1) is 12.9. The minimum absolute atomic E-state index is 0.234. The summed E-state index contributed by atoms with van der Waals surface area (Å²) in [4.78, 5) is 25.6. The number of alkyl halides is 3. The Labute approximate surface area is 161 Å². The lowest BCUT2D eigenvalue weighted by Crippen LogP contribution is -2.49. The highest BCUT2D eigenvalue weighted by atomic mass is 19.4. The van der Waals surface area contributed by atoms with E-state index in [0.29, 0.717) is 42.6 Å². The number of benzene rings is 1. The number of carbonyl (C=O) groups excluding carboxylic acids is 1. The number of hydrogen-bond acceptors (Lipinski definition) is 3. The van der Waals surface area contributed by atoms with Gasteiger partial charge in [-0.05, 0) is 54.1 Å². The van der Waals surface area contributed by atoms with Crippen LogP contribution in [0.15, 0.2) is 12.1 Å². The van der Waals surface area contributed by atoms with Crippen molar-refractivity contribution in [1.29, 1.82) is 0 Å². The smallest absolute Gasteiger partial charge is 0.406 e. The molecular formula is C20H25F3N2O3. The van der Waals surface area contributed by atoms with E-state index in [1.165, 1.54) is 6.07 Å². The van der Waals surface area contributed by atoms with Gasteiger partial charge in [-0.1, -0.05) is 26.8 Å². The van der Waals surface area contributed by atoms with E-state index in [0.717, 1.165) is 4.90 Å². The molecule has 3 rings (SSSR count). The summed E-state index contributed by atoms with van der Waals surface area (Å²) in [5, 5.41) is 12.5. The van der Waals surface area contributed by atoms with E-state index in [4.69, 9.17) is 0 Å². The molecule has 0 bridgehead atoms. The standard InChI is InChI=1S/C20H25F3N2O3/c1-18(2,3)15-12(10-14(26)27)4-5-13-16(15)19(6-8-24-9-7-19)17(28)25(13)11-20(21,22)23/h4-5,24H,6-11H2,1-3H3,(H,26,27). The van der Waals surface area contributed by atoms with Crippen LogP contribution in [0.3, 0.4) is 0 Å². The summed E-state index contributed by atoms with van der Waals surface area (Å²) < 4.78 is 39.7. The number of fused-ring (bicyclic) bond motifs is 2. The second-order valence-electron chi connectivity index (χ2n) is 8.65. The zero-order valence-electron chi connectivity index (χ0n) is 16.2. The molecule has 1 aromatic carbocycles. The predicted octanol–water partition coefficient (Wildman–Crippen LogP) is 3.14. The Kier molecular flexibility index (Phi) is 4.98. The third-order valence-electron chi connectivity index (χ3n) is 5.58. The lowest BCUT2D eigenvalue weighted by molar-refractivity contribution is -0.136. The van der Waals surface area contributed by atoms with Crippen LogP contribution in [-0.4, -0.2) is 42.8 Å². The average molecular weight is 398 g/mol. The first-order valence-electron chi connectivity index (χ1n) is 9.35. The molecule has 0 aromatic heterocycles. The van der Waals surface area contributed by atoms with Gasteiger partial charge in [0.15, 0.2) is 0 Å². The molecule has 1 amide bonds. The molecule has 1 aromatic rings. The summed E-state index contributed by atoms with van der Waals surface area (Å²) in [6.45, 7) is 5.42. The second kappa shape index (κ2) is 6.76. The number of nitrogens with zero attached hydrogens (tertiary/aromatic N) is 1. The Morgan fingerprint density at radius 1 is 1.21 bits per heavy atom. The van der Waals surface area contributed by atoms with Crippen LogP contribution in [0.5, 0.6) is 0 Å². The molecule has 28 heavy (non-hydrogen) atoms. The average Bonchev–Trinajstić information content (AvgIpc) is 2.75. The molecule has 2 aliphatic heterocycles. The molecule has 2 heterocycles. The number of carboxylic acid groups (broad SMARTS) is 1. The molecule has 1 fully saturated rings. The number of carboxylic acids is 1. The van der Waals surface area contributed by atoms with Gasteiger partial charge in [0.2, 0.25) is 5.91 Å². The van der Waals surface area contributed by atoms with E-state index in [2.05, 4.69) is 5.32 Å². The fourth-order valence-electron chi connectivity index (χ4n) is 4.64. The van der Waals surface area contributed by atoms with E-state index in [1.807, 2.05) is 20.8 Å². The molecule has 1 saturated heterocycles. The molecule has 0 atom stereocenters. The lowest BCUT2D eigenvalue weighted by Gasteiger charge is -2.37. The van der Waals surface area contributed by atoms with Gasteiger partial charge in [0.05, 0.1) is 11.8 Å². The molecule has 0 saturated carbocycles. The third-order valence-corrected chi connectivity index (χ3v) is 5.58. The quantitative estimate of drug-likeness (QED) is 0.821. The number of hydrogen-bond donors (Lipinski definition) is 2. The van der Waals surface area contributed by atoms with Gasteiger partial charge in [0, 0.05) is 5.69 Å². The summed E-state index contributed by atoms with van der Waals surface area (Å²) in [6.07, 6.45) is -3.96. The first-order valence-corrected chi connectivity index (χ1v) is 9.35. The molecule has 0 unspecified atom stereocenters. The van der Waals surface area contributed by atoms with Gasteiger partial charge in [0.25, 0.3) is 0 Å². The fourth-order valence-corrected chi connectivity index (χ4v) is 4.64. The number of rotatable bonds is 3. The van der Waals surface area contributed by atoms with Crippen molar-refractivity contribution in [3.8, 4) is 0 Å². The van der Waals surface area contributed by atoms with Crippen LogP contribution in [0.25, 0.3) is 0 Å². The first kappa shape index (κ1) is 20.6. The fraction of sp³-hybridized carbons (Fsp3) is 0.600. The molecule has 1 spiro atoms. The van der Waals surface area contributed by atoms with E-state index in [-0.39, 0.29) is 12.1 Å². The van der Waals surface area contributed by atoms with Gasteiger partial charge < -0.3 is 15.3 Å². The third kappa shape index (κ3) is 3.50. The Morgan fingerprint density at radius 2 is 1.82 bits per heavy atom. The van der Waals surface area contributed by atoms with Crippen molar-refractivity contribution in [2.45, 2.75) is 57.0 Å². The Hall–Kier alpha value is -2.09. The van der Waals surface area contributed by atoms with Gasteiger partial charge in [-0.2, -0.15) is 13.2 Å². The topological polar surface area (TPSA) is 69.6 Å². The molecule has 0 radical (unpaired) electrons. The number of carbonyl (C=O) groups is 2. The number of halogens is 3. The predicted molar refractivity (Wildman–Crippen MR) is 98.7 cm³/mol. The van der Waals surface area contributed by atoms with Gasteiger partial charge in [-0.3, -0.25) is 9.59 Å². The normalized spacial score (nSPS) is 19.2. The van der Waals surface area contributed by atoms with E-state index in [9.17, 15) is 27.9 Å². The molecule has 2 N–H and O–H groups in total. The maximum atomic E-state index is 13.3. The number of amides is 1. The van der Waals surface area contributed by atoms with Crippen LogP contribution < -0.4 is 10.2 Å². The van der Waals surface area contributed by atoms with Gasteiger partial charge in [0.1, 0.15) is 6.54 Å². The van der Waals surface area contributed by atoms with Crippen LogP contribution in [-0.2, 0) is 26.8 Å². The SMILES string of the molecule is CC(C)(C)c1c(CC(=O)O)ccc2c1C1(CCNCC1)C(=O)N2CC(F)(F)F. The minimum Gasteiger partial charge on any atom is -0.481 e. The molecule has 8 heteroatoms. The Balaban J connectivity index is 2.30. The van der Waals surface area contributed by atoms with Gasteiger partial charge in [-0.15, -0.1) is 0 Å². The molecule has 5 nitrogen and oxygen atoms in total. The van der Waals surface area contributed by atoms with Gasteiger partial charge in [-0.25, -0.2) is 0 Å². The molecule has 2 aliphatic rings. The van der Waals surface area contributed by atoms with Crippen LogP contribution in [0.1, 0.15) is 50.3 Å². The second-order valence-corrected chi connectivity index (χ2v) is 8.65. The summed E-state index contributed by atoms with van der Waals surface area (Å²) in [6, 6.07) is 3.05. The van der Waals surface area contributed by atoms with Crippen LogP contribution >= 0.6 is 0 Å². The molecular weight excluding hydrogens is 373 g/mol. The summed E-state index contributed by atoms with van der Waals surface area (Å²) in [5.41, 5.74) is 0.536. The van der Waals surface area contributed by atoms with E-state index < -0.39 is 35.4 Å². The highest BCUT2D eigenvalue weighted by molar-refractivity contribution is 6.09. The monoisotopic (exact) mass is 398 g/mol. The van der Waals surface area contributed by atoms with Crippen molar-refractivity contribution < 1.29 is 27.9 Å². The van der Waals surface area contributed by atoms with Crippen molar-refractivity contribution in [2.75, 3.05) is 24.5 Å². The highest BCUT2D eigenvalue weighted by Crippen LogP contribution is 2.52. The van der Waals surface area contributed by atoms with E-state index in [1.54, 1.807) is 6.07 Å². The van der Waals surface area contributed by atoms with Crippen LogP contribution in [0.4, 0.5) is 18.9 Å². The van der Waals surface area contributed by atoms with Crippen LogP contribution in [0.2, 0.25) is 0 Å². The summed E-state index contributed by atoms with van der Waals surface area (Å²) >= 11 is 0. The molecule has 0 aliphatic carbocycles. The van der Waals surface area contributed by atoms with Crippen molar-refractivity contribution in [2.24, 2.45) is 0 Å². The zero-order valence-corrected chi connectivity index (χ0v) is 16.2. The van der Waals surface area contributed by atoms with E-state index >= 15 is 0 Å². The van der Waals surface area contributed by atoms with Crippen molar-refractivity contribution in [3.63, 3.8) is 0 Å². The highest BCUT2D eigenvalue weighted by Gasteiger charge is 2.55. The number of nitrogens with one attached hydrogen (secondary N) is 1. The summed E-state index contributed by atoms with van der Waals surface area (Å²) in [5.74, 6) is -1.54. The largest absolute Gasteiger partial charge is 0.481 e. The van der Waals surface area contributed by atoms with Crippen molar-refractivity contribution in [1.82, 2.24) is 5.32 Å². The lowest BCUT2D eigenvalue weighted by atomic mass is 9.67. The van der Waals surface area contributed by atoms with Crippen molar-refractivity contribution >= 4 is 17.6 Å². The maximum absolute atomic E-state index is 13.3. The summed E-state index contributed by atoms with van der Waals surface area (Å²) in [7, 11) is 0. The minimum atomic E-state index is -4.52. The van der Waals surface area contributed by atoms with Crippen molar-refractivity contribution in [3.05, 3.63) is 28.8 Å². The number of piperidine rings is 1. The number of aliphatic carboxylic acids is 1. The Morgan fingerprint density at radius 3 is 2.32 bits per heavy atom. The number of anilines is 1. The Bertz CT molecular complexity index is 806. The zero-order chi connectivity index (χ0) is 20.9. The van der Waals surface area contributed by atoms with Gasteiger partial charge >= 0.3 is 12.1 Å².